The lowest BCUT2D eigenvalue weighted by Gasteiger charge is -2.17. The van der Waals surface area contributed by atoms with Gasteiger partial charge in [-0.3, -0.25) is 0 Å². The third-order valence-electron chi connectivity index (χ3n) is 3.81. The number of thioether (sulfide) groups is 1. The highest BCUT2D eigenvalue weighted by molar-refractivity contribution is 7.99. The lowest BCUT2D eigenvalue weighted by atomic mass is 9.99. The van der Waals surface area contributed by atoms with Crippen LogP contribution in [-0.2, 0) is 12.0 Å². The first-order valence-electron chi connectivity index (χ1n) is 7.16. The summed E-state index contributed by atoms with van der Waals surface area (Å²) in [6.45, 7) is 0. The molecule has 120 valence electrons. The Morgan fingerprint density at radius 3 is 2.59 bits per heavy atom. The number of aromatic nitrogens is 2. The van der Waals surface area contributed by atoms with Crippen molar-refractivity contribution in [2.45, 2.75) is 42.5 Å². The molecule has 2 aromatic rings. The molecule has 1 fully saturated rings. The van der Waals surface area contributed by atoms with Gasteiger partial charge in [-0.2, -0.15) is 4.98 Å². The molecule has 0 atom stereocenters. The first-order chi connectivity index (χ1) is 10.2. The van der Waals surface area contributed by atoms with Crippen LogP contribution in [0.4, 0.5) is 0 Å². The van der Waals surface area contributed by atoms with E-state index in [1.165, 1.54) is 4.90 Å². The fraction of sp³-hybridized carbons (Fsp3) is 0.467. The Balaban J connectivity index is 0.00000176. The molecular formula is C15H19Cl2N3OS. The molecule has 1 aliphatic carbocycles. The predicted molar refractivity (Wildman–Crippen MR) is 91.8 cm³/mol. The lowest BCUT2D eigenvalue weighted by molar-refractivity contribution is 0.351. The standard InChI is InChI=1S/C15H18ClN3OS.ClH/c16-11-3-5-12(6-4-11)21-10-7-13-18-14(19-20-13)15(17)8-1-2-9-15;/h3-6H,1-2,7-10,17H2;1H. The van der Waals surface area contributed by atoms with Crippen molar-refractivity contribution in [1.29, 1.82) is 0 Å². The Morgan fingerprint density at radius 1 is 1.23 bits per heavy atom. The third kappa shape index (κ3) is 4.16. The van der Waals surface area contributed by atoms with Gasteiger partial charge >= 0.3 is 0 Å². The highest BCUT2D eigenvalue weighted by Crippen LogP contribution is 2.34. The maximum absolute atomic E-state index is 6.32. The molecule has 1 aliphatic rings. The van der Waals surface area contributed by atoms with Crippen molar-refractivity contribution in [3.8, 4) is 0 Å². The Morgan fingerprint density at radius 2 is 1.91 bits per heavy atom. The van der Waals surface area contributed by atoms with E-state index < -0.39 is 0 Å². The van der Waals surface area contributed by atoms with Crippen LogP contribution in [0.2, 0.25) is 5.02 Å². The lowest BCUT2D eigenvalue weighted by Crippen LogP contribution is -2.34. The summed E-state index contributed by atoms with van der Waals surface area (Å²) in [4.78, 5) is 5.66. The van der Waals surface area contributed by atoms with Gasteiger partial charge in [0.25, 0.3) is 0 Å². The fourth-order valence-electron chi connectivity index (χ4n) is 2.58. The SMILES string of the molecule is Cl.NC1(c2noc(CCSc3ccc(Cl)cc3)n2)CCCC1. The Kier molecular flexibility index (Phi) is 6.15. The molecule has 0 spiro atoms. The number of benzene rings is 1. The summed E-state index contributed by atoms with van der Waals surface area (Å²) in [6, 6.07) is 7.82. The van der Waals surface area contributed by atoms with E-state index in [1.807, 2.05) is 24.3 Å². The average molecular weight is 360 g/mol. The molecule has 0 bridgehead atoms. The van der Waals surface area contributed by atoms with Gasteiger partial charge in [-0.1, -0.05) is 29.6 Å². The van der Waals surface area contributed by atoms with Gasteiger partial charge in [-0.05, 0) is 37.1 Å². The first-order valence-corrected chi connectivity index (χ1v) is 8.52. The molecule has 4 nitrogen and oxygen atoms in total. The molecule has 1 aromatic heterocycles. The van der Waals surface area contributed by atoms with E-state index in [0.717, 1.165) is 42.9 Å². The van der Waals surface area contributed by atoms with Crippen molar-refractivity contribution in [1.82, 2.24) is 10.1 Å². The van der Waals surface area contributed by atoms with Crippen LogP contribution in [0.5, 0.6) is 0 Å². The van der Waals surface area contributed by atoms with Gasteiger partial charge < -0.3 is 10.3 Å². The van der Waals surface area contributed by atoms with Crippen molar-refractivity contribution >= 4 is 35.8 Å². The highest BCUT2D eigenvalue weighted by atomic mass is 35.5. The number of rotatable bonds is 5. The second kappa shape index (κ2) is 7.68. The molecular weight excluding hydrogens is 341 g/mol. The highest BCUT2D eigenvalue weighted by Gasteiger charge is 2.35. The fourth-order valence-corrected chi connectivity index (χ4v) is 3.54. The van der Waals surface area contributed by atoms with E-state index in [2.05, 4.69) is 10.1 Å². The van der Waals surface area contributed by atoms with Crippen LogP contribution in [0.25, 0.3) is 0 Å². The molecule has 0 amide bonds. The van der Waals surface area contributed by atoms with E-state index in [0.29, 0.717) is 11.7 Å². The minimum Gasteiger partial charge on any atom is -0.339 e. The average Bonchev–Trinajstić information content (AvgIpc) is 3.11. The number of hydrogen-bond donors (Lipinski definition) is 1. The molecule has 7 heteroatoms. The van der Waals surface area contributed by atoms with Gasteiger partial charge in [0.05, 0.1) is 5.54 Å². The largest absolute Gasteiger partial charge is 0.339 e. The van der Waals surface area contributed by atoms with Crippen LogP contribution < -0.4 is 5.73 Å². The maximum atomic E-state index is 6.32. The molecule has 1 aromatic carbocycles. The molecule has 0 radical (unpaired) electrons. The zero-order valence-corrected chi connectivity index (χ0v) is 14.5. The summed E-state index contributed by atoms with van der Waals surface area (Å²) in [5.41, 5.74) is 5.95. The van der Waals surface area contributed by atoms with Crippen LogP contribution in [0.1, 0.15) is 37.4 Å². The van der Waals surface area contributed by atoms with E-state index in [4.69, 9.17) is 21.9 Å². The Hall–Kier alpha value is -0.750. The van der Waals surface area contributed by atoms with Gasteiger partial charge in [0, 0.05) is 22.1 Å². The third-order valence-corrected chi connectivity index (χ3v) is 5.07. The predicted octanol–water partition coefficient (Wildman–Crippen LogP) is 4.21. The number of halogens is 2. The van der Waals surface area contributed by atoms with E-state index >= 15 is 0 Å². The van der Waals surface area contributed by atoms with Gasteiger partial charge in [-0.15, -0.1) is 24.2 Å². The number of nitrogens with zero attached hydrogens (tertiary/aromatic N) is 2. The topological polar surface area (TPSA) is 64.9 Å². The van der Waals surface area contributed by atoms with Crippen LogP contribution in [-0.4, -0.2) is 15.9 Å². The smallest absolute Gasteiger partial charge is 0.227 e. The minimum absolute atomic E-state index is 0. The Labute approximate surface area is 145 Å². The van der Waals surface area contributed by atoms with Gasteiger partial charge in [0.15, 0.2) is 5.82 Å². The molecule has 3 rings (SSSR count). The summed E-state index contributed by atoms with van der Waals surface area (Å²) in [7, 11) is 0. The van der Waals surface area contributed by atoms with Gasteiger partial charge in [0.2, 0.25) is 5.89 Å². The van der Waals surface area contributed by atoms with E-state index in [1.54, 1.807) is 11.8 Å². The zero-order chi connectivity index (χ0) is 14.7. The molecule has 0 saturated heterocycles. The normalized spacial score (nSPS) is 16.5. The number of nitrogens with two attached hydrogens (primary N) is 1. The number of aryl methyl sites for hydroxylation is 1. The summed E-state index contributed by atoms with van der Waals surface area (Å²) in [5, 5.41) is 4.82. The summed E-state index contributed by atoms with van der Waals surface area (Å²) >= 11 is 7.61. The number of hydrogen-bond acceptors (Lipinski definition) is 5. The van der Waals surface area contributed by atoms with Gasteiger partial charge in [-0.25, -0.2) is 0 Å². The van der Waals surface area contributed by atoms with Crippen LogP contribution in [0, 0.1) is 0 Å². The molecule has 22 heavy (non-hydrogen) atoms. The van der Waals surface area contributed by atoms with Crippen LogP contribution in [0.15, 0.2) is 33.7 Å². The van der Waals surface area contributed by atoms with Gasteiger partial charge in [0.1, 0.15) is 0 Å². The Bertz CT molecular complexity index is 597. The van der Waals surface area contributed by atoms with Crippen molar-refractivity contribution in [3.63, 3.8) is 0 Å². The van der Waals surface area contributed by atoms with E-state index in [-0.39, 0.29) is 17.9 Å². The maximum Gasteiger partial charge on any atom is 0.227 e. The minimum atomic E-state index is -0.370. The molecule has 0 unspecified atom stereocenters. The quantitative estimate of drug-likeness (QED) is 0.810. The second-order valence-electron chi connectivity index (χ2n) is 5.43. The van der Waals surface area contributed by atoms with Crippen molar-refractivity contribution in [2.75, 3.05) is 5.75 Å². The van der Waals surface area contributed by atoms with Crippen molar-refractivity contribution in [3.05, 3.63) is 41.0 Å². The van der Waals surface area contributed by atoms with Crippen molar-refractivity contribution in [2.24, 2.45) is 5.73 Å². The zero-order valence-electron chi connectivity index (χ0n) is 12.1. The summed E-state index contributed by atoms with van der Waals surface area (Å²) < 4.78 is 5.32. The molecule has 1 heterocycles. The first kappa shape index (κ1) is 17.6. The monoisotopic (exact) mass is 359 g/mol. The molecule has 1 saturated carbocycles. The van der Waals surface area contributed by atoms with Crippen LogP contribution in [0.3, 0.4) is 0 Å². The second-order valence-corrected chi connectivity index (χ2v) is 7.03. The van der Waals surface area contributed by atoms with E-state index in [9.17, 15) is 0 Å². The molecule has 2 N–H and O–H groups in total. The molecule has 0 aliphatic heterocycles. The van der Waals surface area contributed by atoms with Crippen LogP contribution >= 0.6 is 35.8 Å². The van der Waals surface area contributed by atoms with Crippen molar-refractivity contribution < 1.29 is 4.52 Å². The summed E-state index contributed by atoms with van der Waals surface area (Å²) in [5.74, 6) is 2.23. The summed E-state index contributed by atoms with van der Waals surface area (Å²) in [6.07, 6.45) is 4.94.